The van der Waals surface area contributed by atoms with E-state index < -0.39 is 0 Å². The smallest absolute Gasteiger partial charge is 0.0406 e. The molecule has 0 aliphatic carbocycles. The van der Waals surface area contributed by atoms with Crippen LogP contribution in [0.1, 0.15) is 29.5 Å². The Balaban J connectivity index is 0.00000192. The van der Waals surface area contributed by atoms with Crippen LogP contribution in [0, 0.1) is 0 Å². The van der Waals surface area contributed by atoms with Crippen molar-refractivity contribution in [1.29, 1.82) is 0 Å². The Bertz CT molecular complexity index is 642. The van der Waals surface area contributed by atoms with Gasteiger partial charge in [0.15, 0.2) is 0 Å². The van der Waals surface area contributed by atoms with Gasteiger partial charge in [-0.3, -0.25) is 0 Å². The normalized spacial score (nSPS) is 20.7. The van der Waals surface area contributed by atoms with E-state index in [1.54, 1.807) is 0 Å². The van der Waals surface area contributed by atoms with Gasteiger partial charge >= 0.3 is 0 Å². The molecular formula is C19H24Cl2N2. The monoisotopic (exact) mass is 350 g/mol. The summed E-state index contributed by atoms with van der Waals surface area (Å²) in [5.74, 6) is 0. The van der Waals surface area contributed by atoms with Gasteiger partial charge in [-0.05, 0) is 55.3 Å². The van der Waals surface area contributed by atoms with Crippen LogP contribution in [0.2, 0.25) is 5.02 Å². The van der Waals surface area contributed by atoms with E-state index in [-0.39, 0.29) is 17.8 Å². The molecule has 1 aliphatic heterocycles. The molecule has 1 aliphatic rings. The SMILES string of the molecule is CN1Cc2ccccc2C(CCCN)(c2ccc(Cl)cc2)C1.Cl. The average Bonchev–Trinajstić information content (AvgIpc) is 2.53. The van der Waals surface area contributed by atoms with Crippen LogP contribution >= 0.6 is 24.0 Å². The maximum atomic E-state index is 6.10. The van der Waals surface area contributed by atoms with E-state index in [2.05, 4.69) is 48.3 Å². The molecule has 1 atom stereocenters. The Kier molecular flexibility index (Phi) is 6.10. The summed E-state index contributed by atoms with van der Waals surface area (Å²) in [5.41, 5.74) is 10.0. The van der Waals surface area contributed by atoms with Crippen molar-refractivity contribution in [3.05, 3.63) is 70.2 Å². The maximum Gasteiger partial charge on any atom is 0.0406 e. The van der Waals surface area contributed by atoms with Crippen LogP contribution in [-0.4, -0.2) is 25.0 Å². The molecule has 0 fully saturated rings. The number of likely N-dealkylation sites (N-methyl/N-ethyl adjacent to an activating group) is 1. The standard InChI is InChI=1S/C19H23ClN2.ClH/c1-22-13-15-5-2-3-6-18(15)19(14-22,11-4-12-21)16-7-9-17(20)10-8-16;/h2-3,5-10H,4,11-14,21H2,1H3;1H. The molecule has 124 valence electrons. The zero-order chi connectivity index (χ0) is 15.6. The molecule has 2 nitrogen and oxygen atoms in total. The van der Waals surface area contributed by atoms with Crippen molar-refractivity contribution >= 4 is 24.0 Å². The van der Waals surface area contributed by atoms with Gasteiger partial charge in [0, 0.05) is 23.5 Å². The largest absolute Gasteiger partial charge is 0.330 e. The van der Waals surface area contributed by atoms with Crippen LogP contribution < -0.4 is 5.73 Å². The third-order valence-corrected chi connectivity index (χ3v) is 4.97. The summed E-state index contributed by atoms with van der Waals surface area (Å²) < 4.78 is 0. The van der Waals surface area contributed by atoms with E-state index in [4.69, 9.17) is 17.3 Å². The van der Waals surface area contributed by atoms with Crippen LogP contribution in [0.4, 0.5) is 0 Å². The number of hydrogen-bond donors (Lipinski definition) is 1. The van der Waals surface area contributed by atoms with Gasteiger partial charge < -0.3 is 10.6 Å². The number of hydrogen-bond acceptors (Lipinski definition) is 2. The lowest BCUT2D eigenvalue weighted by molar-refractivity contribution is 0.226. The molecule has 1 unspecified atom stereocenters. The van der Waals surface area contributed by atoms with E-state index in [1.165, 1.54) is 16.7 Å². The fraction of sp³-hybridized carbons (Fsp3) is 0.368. The Morgan fingerprint density at radius 3 is 2.52 bits per heavy atom. The summed E-state index contributed by atoms with van der Waals surface area (Å²) in [6.45, 7) is 2.75. The highest BCUT2D eigenvalue weighted by atomic mass is 35.5. The van der Waals surface area contributed by atoms with Crippen LogP contribution in [0.15, 0.2) is 48.5 Å². The van der Waals surface area contributed by atoms with E-state index in [1.807, 2.05) is 12.1 Å². The summed E-state index contributed by atoms with van der Waals surface area (Å²) >= 11 is 6.10. The van der Waals surface area contributed by atoms with Crippen LogP contribution in [0.3, 0.4) is 0 Å². The number of fused-ring (bicyclic) bond motifs is 1. The van der Waals surface area contributed by atoms with Gasteiger partial charge in [0.25, 0.3) is 0 Å². The Hall–Kier alpha value is -1.06. The Morgan fingerprint density at radius 2 is 1.83 bits per heavy atom. The highest BCUT2D eigenvalue weighted by Gasteiger charge is 2.39. The summed E-state index contributed by atoms with van der Waals surface area (Å²) in [5, 5.41) is 0.787. The third kappa shape index (κ3) is 3.56. The topological polar surface area (TPSA) is 29.3 Å². The lowest BCUT2D eigenvalue weighted by Crippen LogP contribution is -2.45. The first-order chi connectivity index (χ1) is 10.7. The van der Waals surface area contributed by atoms with Crippen molar-refractivity contribution in [1.82, 2.24) is 4.90 Å². The molecule has 2 aromatic rings. The van der Waals surface area contributed by atoms with Gasteiger partial charge in [-0.25, -0.2) is 0 Å². The van der Waals surface area contributed by atoms with Crippen molar-refractivity contribution in [2.45, 2.75) is 24.8 Å². The molecule has 0 amide bonds. The summed E-state index contributed by atoms with van der Waals surface area (Å²) in [6, 6.07) is 17.2. The van der Waals surface area contributed by atoms with E-state index in [0.717, 1.165) is 37.5 Å². The number of benzene rings is 2. The van der Waals surface area contributed by atoms with Crippen LogP contribution in [-0.2, 0) is 12.0 Å². The van der Waals surface area contributed by atoms with Gasteiger partial charge in [-0.1, -0.05) is 48.0 Å². The molecule has 1 heterocycles. The minimum absolute atomic E-state index is 0. The van der Waals surface area contributed by atoms with Gasteiger partial charge in [0.1, 0.15) is 0 Å². The molecule has 0 saturated heterocycles. The fourth-order valence-electron chi connectivity index (χ4n) is 3.80. The van der Waals surface area contributed by atoms with Crippen molar-refractivity contribution < 1.29 is 0 Å². The minimum Gasteiger partial charge on any atom is -0.330 e. The van der Waals surface area contributed by atoms with E-state index in [9.17, 15) is 0 Å². The van der Waals surface area contributed by atoms with Crippen molar-refractivity contribution in [3.63, 3.8) is 0 Å². The lowest BCUT2D eigenvalue weighted by Gasteiger charge is -2.44. The van der Waals surface area contributed by atoms with Gasteiger partial charge in [0.2, 0.25) is 0 Å². The molecule has 0 radical (unpaired) electrons. The molecule has 3 rings (SSSR count). The summed E-state index contributed by atoms with van der Waals surface area (Å²) in [6.07, 6.45) is 2.08. The average molecular weight is 351 g/mol. The second-order valence-electron chi connectivity index (χ2n) is 6.31. The minimum atomic E-state index is 0. The molecule has 2 aromatic carbocycles. The Morgan fingerprint density at radius 1 is 1.13 bits per heavy atom. The molecule has 0 aromatic heterocycles. The molecular weight excluding hydrogens is 327 g/mol. The van der Waals surface area contributed by atoms with Crippen molar-refractivity contribution in [2.24, 2.45) is 5.73 Å². The van der Waals surface area contributed by atoms with Crippen molar-refractivity contribution in [2.75, 3.05) is 20.1 Å². The predicted molar refractivity (Wildman–Crippen MR) is 101 cm³/mol. The number of nitrogens with two attached hydrogens (primary N) is 1. The van der Waals surface area contributed by atoms with Gasteiger partial charge in [0.05, 0.1) is 0 Å². The van der Waals surface area contributed by atoms with Crippen molar-refractivity contribution in [3.8, 4) is 0 Å². The molecule has 4 heteroatoms. The molecule has 23 heavy (non-hydrogen) atoms. The Labute approximate surface area is 150 Å². The van der Waals surface area contributed by atoms with E-state index in [0.29, 0.717) is 0 Å². The molecule has 2 N–H and O–H groups in total. The van der Waals surface area contributed by atoms with Crippen LogP contribution in [0.5, 0.6) is 0 Å². The second-order valence-corrected chi connectivity index (χ2v) is 6.75. The predicted octanol–water partition coefficient (Wildman–Crippen LogP) is 4.23. The first kappa shape index (κ1) is 18.3. The lowest BCUT2D eigenvalue weighted by atomic mass is 9.67. The first-order valence-corrected chi connectivity index (χ1v) is 8.26. The number of rotatable bonds is 4. The highest BCUT2D eigenvalue weighted by molar-refractivity contribution is 6.30. The van der Waals surface area contributed by atoms with Gasteiger partial charge in [-0.2, -0.15) is 0 Å². The fourth-order valence-corrected chi connectivity index (χ4v) is 3.92. The summed E-state index contributed by atoms with van der Waals surface area (Å²) in [4.78, 5) is 2.41. The summed E-state index contributed by atoms with van der Waals surface area (Å²) in [7, 11) is 2.20. The maximum absolute atomic E-state index is 6.10. The number of nitrogens with zero attached hydrogens (tertiary/aromatic N) is 1. The quantitative estimate of drug-likeness (QED) is 0.893. The number of halogens is 2. The zero-order valence-corrected chi connectivity index (χ0v) is 15.0. The zero-order valence-electron chi connectivity index (χ0n) is 13.5. The van der Waals surface area contributed by atoms with E-state index >= 15 is 0 Å². The molecule has 0 saturated carbocycles. The second kappa shape index (κ2) is 7.67. The van der Waals surface area contributed by atoms with Crippen LogP contribution in [0.25, 0.3) is 0 Å². The highest BCUT2D eigenvalue weighted by Crippen LogP contribution is 2.42. The molecule has 0 bridgehead atoms. The first-order valence-electron chi connectivity index (χ1n) is 7.89. The van der Waals surface area contributed by atoms with Gasteiger partial charge in [-0.15, -0.1) is 12.4 Å². The third-order valence-electron chi connectivity index (χ3n) is 4.72. The molecule has 0 spiro atoms.